The van der Waals surface area contributed by atoms with Gasteiger partial charge in [0.15, 0.2) is 0 Å². The zero-order chi connectivity index (χ0) is 14.2. The zero-order valence-corrected chi connectivity index (χ0v) is 12.9. The summed E-state index contributed by atoms with van der Waals surface area (Å²) >= 11 is 0. The number of halogens is 1. The molecule has 5 heteroatoms. The molecule has 0 saturated heterocycles. The molecule has 4 N–H and O–H groups in total. The Morgan fingerprint density at radius 3 is 2.67 bits per heavy atom. The van der Waals surface area contributed by atoms with Gasteiger partial charge in [-0.15, -0.1) is 12.4 Å². The van der Waals surface area contributed by atoms with E-state index in [2.05, 4.69) is 5.32 Å². The van der Waals surface area contributed by atoms with E-state index >= 15 is 0 Å². The van der Waals surface area contributed by atoms with Crippen molar-refractivity contribution in [1.82, 2.24) is 5.32 Å². The number of hydrogen-bond acceptors (Lipinski definition) is 3. The van der Waals surface area contributed by atoms with E-state index in [0.29, 0.717) is 13.0 Å². The Hall–Kier alpha value is -1.10. The second-order valence-electron chi connectivity index (χ2n) is 6.11. The number of rotatable bonds is 3. The molecule has 0 heterocycles. The van der Waals surface area contributed by atoms with E-state index in [0.717, 1.165) is 36.8 Å². The minimum absolute atomic E-state index is 0. The predicted octanol–water partition coefficient (Wildman–Crippen LogP) is 1.70. The summed E-state index contributed by atoms with van der Waals surface area (Å²) in [6.07, 6.45) is 3.92. The molecule has 116 valence electrons. The summed E-state index contributed by atoms with van der Waals surface area (Å²) in [4.78, 5) is 12.6. The Labute approximate surface area is 131 Å². The van der Waals surface area contributed by atoms with E-state index in [-0.39, 0.29) is 24.4 Å². The molecule has 0 aromatic heterocycles. The lowest BCUT2D eigenvalue weighted by Gasteiger charge is -2.29. The number of amides is 1. The van der Waals surface area contributed by atoms with Crippen molar-refractivity contribution in [3.8, 4) is 0 Å². The van der Waals surface area contributed by atoms with Gasteiger partial charge in [-0.2, -0.15) is 0 Å². The average molecular weight is 311 g/mol. The molecule has 0 radical (unpaired) electrons. The lowest BCUT2D eigenvalue weighted by molar-refractivity contribution is -0.131. The summed E-state index contributed by atoms with van der Waals surface area (Å²) in [5.41, 5.74) is 7.59. The molecule has 1 aromatic rings. The van der Waals surface area contributed by atoms with Gasteiger partial charge in [-0.05, 0) is 24.0 Å². The maximum atomic E-state index is 12.6. The van der Waals surface area contributed by atoms with Crippen LogP contribution < -0.4 is 11.1 Å². The lowest BCUT2D eigenvalue weighted by atomic mass is 9.85. The molecule has 0 unspecified atom stereocenters. The minimum Gasteiger partial charge on any atom is -0.390 e. The highest BCUT2D eigenvalue weighted by molar-refractivity contribution is 5.85. The average Bonchev–Trinajstić information content (AvgIpc) is 3.05. The number of aliphatic hydroxyl groups is 1. The van der Waals surface area contributed by atoms with E-state index < -0.39 is 11.5 Å². The van der Waals surface area contributed by atoms with E-state index in [1.54, 1.807) is 0 Å². The third kappa shape index (κ3) is 2.80. The highest BCUT2D eigenvalue weighted by atomic mass is 35.5. The summed E-state index contributed by atoms with van der Waals surface area (Å²) in [5, 5.41) is 13.3. The Bertz CT molecular complexity index is 515. The SMILES string of the molecule is Cl.NCC1(C(=O)N[C@@H]2c3ccccc3C[C@@H]2O)CCCC1. The molecule has 0 aliphatic heterocycles. The zero-order valence-electron chi connectivity index (χ0n) is 12.0. The number of nitrogens with one attached hydrogen (secondary N) is 1. The minimum atomic E-state index is -0.535. The number of carbonyl (C=O) groups excluding carboxylic acids is 1. The largest absolute Gasteiger partial charge is 0.390 e. The van der Waals surface area contributed by atoms with Crippen LogP contribution in [0.25, 0.3) is 0 Å². The van der Waals surface area contributed by atoms with Crippen molar-refractivity contribution < 1.29 is 9.90 Å². The third-order valence-electron chi connectivity index (χ3n) is 4.92. The van der Waals surface area contributed by atoms with Crippen molar-refractivity contribution in [1.29, 1.82) is 0 Å². The van der Waals surface area contributed by atoms with E-state index in [1.165, 1.54) is 0 Å². The van der Waals surface area contributed by atoms with Crippen LogP contribution >= 0.6 is 12.4 Å². The van der Waals surface area contributed by atoms with Crippen molar-refractivity contribution in [2.45, 2.75) is 44.2 Å². The van der Waals surface area contributed by atoms with E-state index in [4.69, 9.17) is 5.73 Å². The van der Waals surface area contributed by atoms with Crippen LogP contribution in [0.4, 0.5) is 0 Å². The highest BCUT2D eigenvalue weighted by Gasteiger charge is 2.42. The van der Waals surface area contributed by atoms with Crippen LogP contribution in [0, 0.1) is 5.41 Å². The first-order valence-electron chi connectivity index (χ1n) is 7.43. The fourth-order valence-corrected chi connectivity index (χ4v) is 3.62. The van der Waals surface area contributed by atoms with Crippen LogP contribution in [0.2, 0.25) is 0 Å². The quantitative estimate of drug-likeness (QED) is 0.795. The van der Waals surface area contributed by atoms with Crippen LogP contribution in [0.1, 0.15) is 42.9 Å². The van der Waals surface area contributed by atoms with Gasteiger partial charge in [-0.3, -0.25) is 4.79 Å². The number of aliphatic hydroxyl groups excluding tert-OH is 1. The van der Waals surface area contributed by atoms with Crippen molar-refractivity contribution in [3.63, 3.8) is 0 Å². The highest BCUT2D eigenvalue weighted by Crippen LogP contribution is 2.39. The molecular formula is C16H23ClN2O2. The first-order valence-corrected chi connectivity index (χ1v) is 7.43. The van der Waals surface area contributed by atoms with Crippen molar-refractivity contribution in [2.75, 3.05) is 6.54 Å². The lowest BCUT2D eigenvalue weighted by Crippen LogP contribution is -2.47. The summed E-state index contributed by atoms with van der Waals surface area (Å²) < 4.78 is 0. The first-order chi connectivity index (χ1) is 9.66. The molecule has 1 aromatic carbocycles. The Balaban J connectivity index is 0.00000161. The number of nitrogens with two attached hydrogens (primary N) is 1. The molecule has 2 atom stereocenters. The van der Waals surface area contributed by atoms with Crippen LogP contribution in [0.5, 0.6) is 0 Å². The summed E-state index contributed by atoms with van der Waals surface area (Å²) in [5.74, 6) is 0.0123. The summed E-state index contributed by atoms with van der Waals surface area (Å²) in [6, 6.07) is 7.63. The second-order valence-corrected chi connectivity index (χ2v) is 6.11. The van der Waals surface area contributed by atoms with Crippen LogP contribution in [0.3, 0.4) is 0 Å². The Morgan fingerprint density at radius 2 is 2.00 bits per heavy atom. The Morgan fingerprint density at radius 1 is 1.33 bits per heavy atom. The monoisotopic (exact) mass is 310 g/mol. The van der Waals surface area contributed by atoms with Gasteiger partial charge in [0.05, 0.1) is 17.6 Å². The molecule has 2 aliphatic carbocycles. The van der Waals surface area contributed by atoms with Gasteiger partial charge in [0.2, 0.25) is 5.91 Å². The van der Waals surface area contributed by atoms with Crippen LogP contribution in [-0.2, 0) is 11.2 Å². The molecule has 4 nitrogen and oxygen atoms in total. The first kappa shape index (κ1) is 16.3. The number of hydrogen-bond donors (Lipinski definition) is 3. The van der Waals surface area contributed by atoms with E-state index in [1.807, 2.05) is 24.3 Å². The summed E-state index contributed by atoms with van der Waals surface area (Å²) in [6.45, 7) is 0.392. The molecule has 1 saturated carbocycles. The standard InChI is InChI=1S/C16H22N2O2.ClH/c17-10-16(7-3-4-8-16)15(20)18-14-12-6-2-1-5-11(12)9-13(14)19;/h1-2,5-6,13-14,19H,3-4,7-10,17H2,(H,18,20);1H/t13-,14+;/m0./s1. The smallest absolute Gasteiger partial charge is 0.228 e. The molecule has 3 rings (SSSR count). The van der Waals surface area contributed by atoms with Gasteiger partial charge in [0.1, 0.15) is 0 Å². The maximum Gasteiger partial charge on any atom is 0.228 e. The summed E-state index contributed by atoms with van der Waals surface area (Å²) in [7, 11) is 0. The predicted molar refractivity (Wildman–Crippen MR) is 84.2 cm³/mol. The molecule has 2 aliphatic rings. The normalized spacial score (nSPS) is 26.0. The molecule has 0 spiro atoms. The van der Waals surface area contributed by atoms with Gasteiger partial charge in [0, 0.05) is 13.0 Å². The fraction of sp³-hybridized carbons (Fsp3) is 0.562. The topological polar surface area (TPSA) is 75.4 Å². The van der Waals surface area contributed by atoms with Gasteiger partial charge in [-0.1, -0.05) is 37.1 Å². The number of benzene rings is 1. The van der Waals surface area contributed by atoms with Gasteiger partial charge in [0.25, 0.3) is 0 Å². The molecule has 1 amide bonds. The van der Waals surface area contributed by atoms with Crippen molar-refractivity contribution in [2.24, 2.45) is 11.1 Å². The van der Waals surface area contributed by atoms with E-state index in [9.17, 15) is 9.90 Å². The van der Waals surface area contributed by atoms with Crippen molar-refractivity contribution in [3.05, 3.63) is 35.4 Å². The Kier molecular flexibility index (Phi) is 4.91. The number of carbonyl (C=O) groups is 1. The molecule has 0 bridgehead atoms. The van der Waals surface area contributed by atoms with Gasteiger partial charge in [-0.25, -0.2) is 0 Å². The van der Waals surface area contributed by atoms with Gasteiger partial charge >= 0.3 is 0 Å². The second kappa shape index (κ2) is 6.34. The third-order valence-corrected chi connectivity index (χ3v) is 4.92. The fourth-order valence-electron chi connectivity index (χ4n) is 3.62. The van der Waals surface area contributed by atoms with Crippen LogP contribution in [0.15, 0.2) is 24.3 Å². The van der Waals surface area contributed by atoms with Gasteiger partial charge < -0.3 is 16.2 Å². The van der Waals surface area contributed by atoms with Crippen molar-refractivity contribution >= 4 is 18.3 Å². The molecular weight excluding hydrogens is 288 g/mol. The molecule has 21 heavy (non-hydrogen) atoms. The number of fused-ring (bicyclic) bond motifs is 1. The maximum absolute atomic E-state index is 12.6. The van der Waals surface area contributed by atoms with Crippen LogP contribution in [-0.4, -0.2) is 23.7 Å². The molecule has 1 fully saturated rings.